The summed E-state index contributed by atoms with van der Waals surface area (Å²) < 4.78 is 10.7. The summed E-state index contributed by atoms with van der Waals surface area (Å²) >= 11 is 0. The van der Waals surface area contributed by atoms with Crippen molar-refractivity contribution in [1.82, 2.24) is 5.32 Å². The summed E-state index contributed by atoms with van der Waals surface area (Å²) in [6.07, 6.45) is 1.35. The van der Waals surface area contributed by atoms with Crippen molar-refractivity contribution in [1.29, 1.82) is 0 Å². The Morgan fingerprint density at radius 3 is 2.27 bits per heavy atom. The Labute approximate surface area is 67.2 Å². The molecular weight excluding hydrogens is 165 g/mol. The van der Waals surface area contributed by atoms with Gasteiger partial charge in [-0.2, -0.15) is 0 Å². The van der Waals surface area contributed by atoms with E-state index >= 15 is 0 Å². The van der Waals surface area contributed by atoms with Gasteiger partial charge in [0.2, 0.25) is 0 Å². The molecule has 0 fully saturated rings. The second kappa shape index (κ2) is 4.88. The smallest absolute Gasteiger partial charge is 0.323 e. The Morgan fingerprint density at radius 2 is 2.00 bits per heavy atom. The van der Waals surface area contributed by atoms with Gasteiger partial charge in [-0.05, 0) is 19.4 Å². The Balaban J connectivity index is 3.86. The van der Waals surface area contributed by atoms with Gasteiger partial charge in [-0.15, -0.1) is 0 Å². The Morgan fingerprint density at radius 1 is 1.45 bits per heavy atom. The third kappa shape index (κ3) is 4.53. The van der Waals surface area contributed by atoms with Crippen molar-refractivity contribution in [2.24, 2.45) is 0 Å². The molecule has 3 N–H and O–H groups in total. The lowest BCUT2D eigenvalue weighted by Gasteiger charge is -2.17. The Hall–Kier alpha value is 0.110. The standard InChI is InChI=1S/C6H16NO3P/c1-3-5-7-6(4-2)11(8,9)10/h6-7H,3-5H2,1-2H3,(H2,8,9,10). The first-order chi connectivity index (χ1) is 5.02. The van der Waals surface area contributed by atoms with Crippen LogP contribution >= 0.6 is 7.60 Å². The van der Waals surface area contributed by atoms with E-state index in [0.717, 1.165) is 6.42 Å². The first-order valence-corrected chi connectivity index (χ1v) is 5.49. The van der Waals surface area contributed by atoms with Crippen LogP contribution in [0.5, 0.6) is 0 Å². The van der Waals surface area contributed by atoms with Crippen LogP contribution < -0.4 is 5.32 Å². The average molecular weight is 181 g/mol. The first kappa shape index (κ1) is 11.1. The van der Waals surface area contributed by atoms with Gasteiger partial charge in [0.1, 0.15) is 5.78 Å². The van der Waals surface area contributed by atoms with Gasteiger partial charge in [0.05, 0.1) is 0 Å². The fraction of sp³-hybridized carbons (Fsp3) is 1.00. The molecule has 0 heterocycles. The zero-order valence-corrected chi connectivity index (χ0v) is 7.84. The van der Waals surface area contributed by atoms with Gasteiger partial charge in [0, 0.05) is 0 Å². The molecule has 0 aliphatic rings. The van der Waals surface area contributed by atoms with Crippen LogP contribution in [0.1, 0.15) is 26.7 Å². The summed E-state index contributed by atoms with van der Waals surface area (Å²) in [5.41, 5.74) is 0. The summed E-state index contributed by atoms with van der Waals surface area (Å²) in [7, 11) is -3.92. The van der Waals surface area contributed by atoms with Crippen molar-refractivity contribution < 1.29 is 14.4 Å². The first-order valence-electron chi connectivity index (χ1n) is 3.81. The lowest BCUT2D eigenvalue weighted by Crippen LogP contribution is -2.28. The molecule has 0 radical (unpaired) electrons. The highest BCUT2D eigenvalue weighted by molar-refractivity contribution is 7.52. The zero-order valence-electron chi connectivity index (χ0n) is 6.95. The van der Waals surface area contributed by atoms with Crippen LogP contribution in [-0.2, 0) is 4.57 Å². The molecule has 5 heteroatoms. The third-order valence-corrected chi connectivity index (χ3v) is 2.78. The molecule has 0 spiro atoms. The number of nitrogens with one attached hydrogen (secondary N) is 1. The Bertz CT molecular complexity index is 145. The highest BCUT2D eigenvalue weighted by Gasteiger charge is 2.25. The van der Waals surface area contributed by atoms with Crippen LogP contribution in [-0.4, -0.2) is 22.1 Å². The van der Waals surface area contributed by atoms with Crippen LogP contribution in [0.15, 0.2) is 0 Å². The van der Waals surface area contributed by atoms with Crippen molar-refractivity contribution in [2.75, 3.05) is 6.54 Å². The SMILES string of the molecule is CCCNC(CC)P(=O)(O)O. The van der Waals surface area contributed by atoms with Crippen LogP contribution in [0.3, 0.4) is 0 Å². The molecule has 4 nitrogen and oxygen atoms in total. The predicted octanol–water partition coefficient (Wildman–Crippen LogP) is 0.900. The summed E-state index contributed by atoms with van der Waals surface area (Å²) in [5, 5.41) is 2.80. The zero-order chi connectivity index (χ0) is 8.91. The van der Waals surface area contributed by atoms with Crippen LogP contribution in [0.25, 0.3) is 0 Å². The van der Waals surface area contributed by atoms with E-state index < -0.39 is 13.4 Å². The quantitative estimate of drug-likeness (QED) is 0.551. The minimum atomic E-state index is -3.92. The van der Waals surface area contributed by atoms with Crippen molar-refractivity contribution in [2.45, 2.75) is 32.5 Å². The van der Waals surface area contributed by atoms with Crippen LogP contribution in [0.4, 0.5) is 0 Å². The van der Waals surface area contributed by atoms with E-state index in [2.05, 4.69) is 5.32 Å². The summed E-state index contributed by atoms with van der Waals surface area (Å²) in [6, 6.07) is 0. The van der Waals surface area contributed by atoms with E-state index in [1.54, 1.807) is 6.92 Å². The maximum absolute atomic E-state index is 10.7. The molecule has 0 saturated carbocycles. The molecular formula is C6H16NO3P. The third-order valence-electron chi connectivity index (χ3n) is 1.42. The second-order valence-electron chi connectivity index (χ2n) is 2.47. The van der Waals surface area contributed by atoms with E-state index in [-0.39, 0.29) is 0 Å². The monoisotopic (exact) mass is 181 g/mol. The molecule has 0 aliphatic heterocycles. The molecule has 0 aromatic carbocycles. The molecule has 0 aromatic heterocycles. The number of rotatable bonds is 5. The lowest BCUT2D eigenvalue weighted by atomic mass is 10.4. The molecule has 0 amide bonds. The van der Waals surface area contributed by atoms with Gasteiger partial charge in [-0.3, -0.25) is 4.57 Å². The molecule has 11 heavy (non-hydrogen) atoms. The molecule has 0 aromatic rings. The van der Waals surface area contributed by atoms with E-state index in [1.807, 2.05) is 6.92 Å². The van der Waals surface area contributed by atoms with Crippen molar-refractivity contribution >= 4 is 7.60 Å². The molecule has 0 bridgehead atoms. The van der Waals surface area contributed by atoms with E-state index in [9.17, 15) is 4.57 Å². The van der Waals surface area contributed by atoms with Crippen LogP contribution in [0, 0.1) is 0 Å². The van der Waals surface area contributed by atoms with Gasteiger partial charge < -0.3 is 15.1 Å². The molecule has 0 aliphatic carbocycles. The highest BCUT2D eigenvalue weighted by Crippen LogP contribution is 2.40. The highest BCUT2D eigenvalue weighted by atomic mass is 31.2. The lowest BCUT2D eigenvalue weighted by molar-refractivity contribution is 0.344. The van der Waals surface area contributed by atoms with E-state index in [4.69, 9.17) is 9.79 Å². The van der Waals surface area contributed by atoms with Gasteiger partial charge in [0.25, 0.3) is 0 Å². The number of hydrogen-bond acceptors (Lipinski definition) is 2. The maximum atomic E-state index is 10.7. The van der Waals surface area contributed by atoms with Crippen molar-refractivity contribution in [3.05, 3.63) is 0 Å². The minimum Gasteiger partial charge on any atom is -0.323 e. The molecule has 68 valence electrons. The summed E-state index contributed by atoms with van der Waals surface area (Å²) in [5.74, 6) is -0.664. The summed E-state index contributed by atoms with van der Waals surface area (Å²) in [4.78, 5) is 17.5. The Kier molecular flexibility index (Phi) is 4.93. The second-order valence-corrected chi connectivity index (χ2v) is 4.27. The molecule has 0 rings (SSSR count). The fourth-order valence-corrected chi connectivity index (χ4v) is 1.65. The largest absolute Gasteiger partial charge is 0.342 e. The fourth-order valence-electron chi connectivity index (χ4n) is 0.812. The topological polar surface area (TPSA) is 69.6 Å². The molecule has 1 atom stereocenters. The van der Waals surface area contributed by atoms with E-state index in [1.165, 1.54) is 0 Å². The molecule has 0 saturated heterocycles. The minimum absolute atomic E-state index is 0.463. The average Bonchev–Trinajstić information content (AvgIpc) is 1.87. The summed E-state index contributed by atoms with van der Waals surface area (Å²) in [6.45, 7) is 4.37. The molecule has 1 unspecified atom stereocenters. The van der Waals surface area contributed by atoms with Crippen molar-refractivity contribution in [3.8, 4) is 0 Å². The normalized spacial score (nSPS) is 14.9. The van der Waals surface area contributed by atoms with Gasteiger partial charge >= 0.3 is 7.60 Å². The predicted molar refractivity (Wildman–Crippen MR) is 44.4 cm³/mol. The van der Waals surface area contributed by atoms with Gasteiger partial charge in [-0.25, -0.2) is 0 Å². The van der Waals surface area contributed by atoms with Gasteiger partial charge in [0.15, 0.2) is 0 Å². The van der Waals surface area contributed by atoms with E-state index in [0.29, 0.717) is 13.0 Å². The van der Waals surface area contributed by atoms with Crippen LogP contribution in [0.2, 0.25) is 0 Å². The van der Waals surface area contributed by atoms with Gasteiger partial charge in [-0.1, -0.05) is 13.8 Å². The maximum Gasteiger partial charge on any atom is 0.342 e. The number of hydrogen-bond donors (Lipinski definition) is 3. The van der Waals surface area contributed by atoms with Crippen molar-refractivity contribution in [3.63, 3.8) is 0 Å².